The minimum Gasteiger partial charge on any atom is -0.339 e. The van der Waals surface area contributed by atoms with Crippen LogP contribution in [0.15, 0.2) is 67.1 Å². The van der Waals surface area contributed by atoms with Gasteiger partial charge in [-0.1, -0.05) is 17.7 Å². The summed E-state index contributed by atoms with van der Waals surface area (Å²) < 4.78 is 0. The fraction of sp³-hybridized carbons (Fsp3) is 0.250. The summed E-state index contributed by atoms with van der Waals surface area (Å²) in [7, 11) is 0. The Bertz CT molecular complexity index is 1750. The normalized spacial score (nSPS) is 14.4. The van der Waals surface area contributed by atoms with Crippen molar-refractivity contribution in [3.63, 3.8) is 0 Å². The molecule has 2 aliphatic heterocycles. The lowest BCUT2D eigenvalue weighted by molar-refractivity contribution is -0.117. The SMILES string of the molecule is N#Cc1cccc(NC(=O)N2CCC(CC(=O)Nc3ccc4cc3CCc3cncc(c3)Nc3ncc(Cl)c(n3)N4)CC2)c1. The molecule has 4 heterocycles. The van der Waals surface area contributed by atoms with Crippen LogP contribution < -0.4 is 21.3 Å². The van der Waals surface area contributed by atoms with Crippen molar-refractivity contribution < 1.29 is 9.59 Å². The number of carbonyl (C=O) groups excluding carboxylic acids is 2. The van der Waals surface area contributed by atoms with Gasteiger partial charge in [-0.15, -0.1) is 0 Å². The second-order valence-corrected chi connectivity index (χ2v) is 11.3. The van der Waals surface area contributed by atoms with E-state index in [1.165, 1.54) is 6.20 Å². The molecule has 2 aromatic heterocycles. The Hall–Kier alpha value is -5.21. The van der Waals surface area contributed by atoms with Crippen LogP contribution in [-0.2, 0) is 17.6 Å². The molecule has 0 radical (unpaired) electrons. The second-order valence-electron chi connectivity index (χ2n) is 10.9. The maximum absolute atomic E-state index is 13.2. The Balaban J connectivity index is 1.10. The third-order valence-corrected chi connectivity index (χ3v) is 8.02. The second kappa shape index (κ2) is 13.0. The van der Waals surface area contributed by atoms with Gasteiger partial charge in [0.25, 0.3) is 0 Å². The molecule has 0 saturated carbocycles. The molecule has 4 N–H and O–H groups in total. The van der Waals surface area contributed by atoms with E-state index in [0.29, 0.717) is 54.0 Å². The van der Waals surface area contributed by atoms with E-state index in [9.17, 15) is 9.59 Å². The Kier molecular flexibility index (Phi) is 8.52. The molecule has 12 heteroatoms. The molecule has 0 unspecified atom stereocenters. The molecule has 44 heavy (non-hydrogen) atoms. The maximum Gasteiger partial charge on any atom is 0.321 e. The van der Waals surface area contributed by atoms with Crippen molar-refractivity contribution in [2.45, 2.75) is 32.1 Å². The number of likely N-dealkylation sites (tertiary alicyclic amines) is 1. The summed E-state index contributed by atoms with van der Waals surface area (Å²) in [6.07, 6.45) is 8.31. The number of rotatable bonds is 4. The van der Waals surface area contributed by atoms with Gasteiger partial charge in [0.05, 0.1) is 29.7 Å². The lowest BCUT2D eigenvalue weighted by Gasteiger charge is -2.31. The predicted molar refractivity (Wildman–Crippen MR) is 169 cm³/mol. The van der Waals surface area contributed by atoms with E-state index in [0.717, 1.165) is 47.5 Å². The van der Waals surface area contributed by atoms with Crippen LogP contribution in [0.2, 0.25) is 5.02 Å². The number of pyridine rings is 1. The average Bonchev–Trinajstić information content (AvgIpc) is 3.03. The first-order chi connectivity index (χ1) is 21.4. The zero-order chi connectivity index (χ0) is 30.5. The number of aryl methyl sites for hydroxylation is 2. The molecule has 222 valence electrons. The summed E-state index contributed by atoms with van der Waals surface area (Å²) in [6.45, 7) is 1.12. The van der Waals surface area contributed by atoms with Crippen molar-refractivity contribution in [3.05, 3.63) is 88.8 Å². The molecule has 4 aromatic rings. The first-order valence-electron chi connectivity index (χ1n) is 14.4. The predicted octanol–water partition coefficient (Wildman–Crippen LogP) is 6.26. The number of hydrogen-bond donors (Lipinski definition) is 4. The first kappa shape index (κ1) is 28.9. The van der Waals surface area contributed by atoms with Crippen molar-refractivity contribution in [2.24, 2.45) is 5.92 Å². The molecule has 1 saturated heterocycles. The van der Waals surface area contributed by atoms with Crippen molar-refractivity contribution in [3.8, 4) is 6.07 Å². The highest BCUT2D eigenvalue weighted by molar-refractivity contribution is 6.32. The highest BCUT2D eigenvalue weighted by Gasteiger charge is 2.25. The summed E-state index contributed by atoms with van der Waals surface area (Å²) in [4.78, 5) is 40.8. The minimum atomic E-state index is -0.201. The van der Waals surface area contributed by atoms with Crippen molar-refractivity contribution >= 4 is 58.1 Å². The first-order valence-corrected chi connectivity index (χ1v) is 14.8. The van der Waals surface area contributed by atoms with Crippen molar-refractivity contribution in [2.75, 3.05) is 34.4 Å². The Labute approximate surface area is 259 Å². The fourth-order valence-corrected chi connectivity index (χ4v) is 5.56. The molecule has 2 aliphatic rings. The van der Waals surface area contributed by atoms with E-state index < -0.39 is 0 Å². The smallest absolute Gasteiger partial charge is 0.321 e. The Morgan fingerprint density at radius 1 is 1.00 bits per heavy atom. The molecule has 11 nitrogen and oxygen atoms in total. The molecule has 6 bridgehead atoms. The Morgan fingerprint density at radius 3 is 2.70 bits per heavy atom. The van der Waals surface area contributed by atoms with Gasteiger partial charge in [0.2, 0.25) is 11.9 Å². The van der Waals surface area contributed by atoms with Gasteiger partial charge >= 0.3 is 6.03 Å². The van der Waals surface area contributed by atoms with Crippen LogP contribution in [0.25, 0.3) is 0 Å². The summed E-state index contributed by atoms with van der Waals surface area (Å²) in [5.74, 6) is 0.974. The van der Waals surface area contributed by atoms with Crippen LogP contribution in [0.3, 0.4) is 0 Å². The highest BCUT2D eigenvalue weighted by atomic mass is 35.5. The lowest BCUT2D eigenvalue weighted by Crippen LogP contribution is -2.41. The van der Waals surface area contributed by atoms with Crippen molar-refractivity contribution in [1.29, 1.82) is 5.26 Å². The molecule has 6 rings (SSSR count). The monoisotopic (exact) mass is 607 g/mol. The number of benzene rings is 2. The number of amides is 3. The molecule has 0 aliphatic carbocycles. The maximum atomic E-state index is 13.2. The molecule has 1 fully saturated rings. The summed E-state index contributed by atoms with van der Waals surface area (Å²) in [6, 6.07) is 16.5. The summed E-state index contributed by atoms with van der Waals surface area (Å²) >= 11 is 6.38. The number of anilines is 6. The van der Waals surface area contributed by atoms with Crippen LogP contribution in [0.5, 0.6) is 0 Å². The van der Waals surface area contributed by atoms with E-state index in [2.05, 4.69) is 42.3 Å². The largest absolute Gasteiger partial charge is 0.339 e. The van der Waals surface area contributed by atoms with Crippen LogP contribution >= 0.6 is 11.6 Å². The number of nitriles is 1. The number of aromatic nitrogens is 3. The van der Waals surface area contributed by atoms with Gasteiger partial charge in [-0.25, -0.2) is 9.78 Å². The van der Waals surface area contributed by atoms with E-state index in [1.54, 1.807) is 35.4 Å². The molecule has 2 aromatic carbocycles. The number of nitrogens with zero attached hydrogens (tertiary/aromatic N) is 5. The third kappa shape index (κ3) is 7.04. The van der Waals surface area contributed by atoms with Gasteiger partial charge in [-0.3, -0.25) is 9.78 Å². The molecule has 0 atom stereocenters. The van der Waals surface area contributed by atoms with Gasteiger partial charge in [-0.05, 0) is 85.2 Å². The summed E-state index contributed by atoms with van der Waals surface area (Å²) in [5.41, 5.74) is 5.40. The topological polar surface area (TPSA) is 148 Å². The summed E-state index contributed by atoms with van der Waals surface area (Å²) in [5, 5.41) is 21.9. The third-order valence-electron chi connectivity index (χ3n) is 7.74. The zero-order valence-corrected chi connectivity index (χ0v) is 24.6. The quantitative estimate of drug-likeness (QED) is 0.213. The lowest BCUT2D eigenvalue weighted by atomic mass is 9.93. The van der Waals surface area contributed by atoms with E-state index in [1.807, 2.05) is 30.5 Å². The minimum absolute atomic E-state index is 0.0579. The van der Waals surface area contributed by atoms with Gasteiger partial charge in [0.1, 0.15) is 5.02 Å². The number of carbonyl (C=O) groups is 2. The van der Waals surface area contributed by atoms with Crippen LogP contribution in [0.4, 0.5) is 39.3 Å². The molecule has 3 amide bonds. The van der Waals surface area contributed by atoms with Crippen LogP contribution in [-0.4, -0.2) is 44.9 Å². The number of nitrogens with one attached hydrogen (secondary N) is 4. The molecular formula is C32H30ClN9O2. The standard InChI is InChI=1S/C32H30ClN9O2/c33-27-19-36-31-38-26-13-22(17-35-18-26)4-5-23-15-25(37-30(27)41-31)6-7-28(23)40-29(43)14-20-8-10-42(11-9-20)32(44)39-24-3-1-2-21(12-24)16-34/h1-3,6-7,12-13,15,17-20H,4-5,8-11,14H2,(H,39,44)(H,40,43)(H2,36,37,38,41). The Morgan fingerprint density at radius 2 is 1.86 bits per heavy atom. The van der Waals surface area contributed by atoms with Gasteiger partial charge < -0.3 is 26.2 Å². The van der Waals surface area contributed by atoms with Crippen LogP contribution in [0, 0.1) is 17.2 Å². The van der Waals surface area contributed by atoms with E-state index in [4.69, 9.17) is 16.9 Å². The van der Waals surface area contributed by atoms with E-state index in [-0.39, 0.29) is 17.9 Å². The molecule has 0 spiro atoms. The fourth-order valence-electron chi connectivity index (χ4n) is 5.43. The van der Waals surface area contributed by atoms with E-state index >= 15 is 0 Å². The van der Waals surface area contributed by atoms with Gasteiger partial charge in [0, 0.05) is 42.8 Å². The van der Waals surface area contributed by atoms with Crippen molar-refractivity contribution in [1.82, 2.24) is 19.9 Å². The van der Waals surface area contributed by atoms with Gasteiger partial charge in [-0.2, -0.15) is 10.2 Å². The number of urea groups is 1. The number of halogens is 1. The highest BCUT2D eigenvalue weighted by Crippen LogP contribution is 2.30. The average molecular weight is 608 g/mol. The number of hydrogen-bond acceptors (Lipinski definition) is 8. The molecular weight excluding hydrogens is 578 g/mol. The zero-order valence-electron chi connectivity index (χ0n) is 23.8. The number of piperidine rings is 1. The van der Waals surface area contributed by atoms with Crippen LogP contribution in [0.1, 0.15) is 36.0 Å². The van der Waals surface area contributed by atoms with Gasteiger partial charge in [0.15, 0.2) is 5.82 Å². The number of fused-ring (bicyclic) bond motifs is 6.